The van der Waals surface area contributed by atoms with Gasteiger partial charge in [-0.3, -0.25) is 0 Å². The van der Waals surface area contributed by atoms with E-state index in [1.54, 1.807) is 35.9 Å². The van der Waals surface area contributed by atoms with Gasteiger partial charge < -0.3 is 0 Å². The first-order valence-electron chi connectivity index (χ1n) is 19.8. The second-order valence-electron chi connectivity index (χ2n) is 26.0. The molecule has 0 aromatic heterocycles. The molecule has 0 unspecified atom stereocenters. The molecule has 0 aliphatic carbocycles. The van der Waals surface area contributed by atoms with Gasteiger partial charge in [0.2, 0.25) is 0 Å². The fourth-order valence-corrected chi connectivity index (χ4v) is 547. The van der Waals surface area contributed by atoms with Crippen molar-refractivity contribution in [3.05, 3.63) is 0 Å². The van der Waals surface area contributed by atoms with E-state index in [2.05, 4.69) is 210 Å². The summed E-state index contributed by atoms with van der Waals surface area (Å²) in [5.74, 6) is 0. The molecule has 0 aliphatic heterocycles. The Morgan fingerprint density at radius 2 is 0.240 bits per heavy atom. The maximum absolute atomic E-state index is 2.93. The molecule has 8 radical (unpaired) electrons. The fraction of sp³-hybridized carbons (Fsp3) is 1.00. The van der Waals surface area contributed by atoms with Gasteiger partial charge in [-0.25, -0.2) is 0 Å². The summed E-state index contributed by atoms with van der Waals surface area (Å²) >= 11 is 3.28. The Labute approximate surface area is 359 Å². The van der Waals surface area contributed by atoms with E-state index in [0.29, 0.717) is 0 Å². The van der Waals surface area contributed by atoms with Gasteiger partial charge in [-0.15, -0.1) is 0 Å². The van der Waals surface area contributed by atoms with Crippen molar-refractivity contribution in [3.63, 3.8) is 0 Å². The summed E-state index contributed by atoms with van der Waals surface area (Å²) in [6.45, 7) is 89.3. The molecule has 0 amide bonds. The van der Waals surface area contributed by atoms with E-state index < -0.39 is 89.2 Å². The van der Waals surface area contributed by atoms with E-state index in [-0.39, 0.29) is 29.4 Å². The van der Waals surface area contributed by atoms with E-state index in [1.165, 1.54) is 0 Å². The summed E-state index contributed by atoms with van der Waals surface area (Å²) in [6.07, 6.45) is 0. The predicted molar refractivity (Wildman–Crippen MR) is 291 cm³/mol. The molecule has 0 spiro atoms. The summed E-state index contributed by atoms with van der Waals surface area (Å²) in [5, 5.41) is 0. The van der Waals surface area contributed by atoms with Gasteiger partial charge in [0.15, 0.2) is 0 Å². The van der Waals surface area contributed by atoms with Crippen LogP contribution in [0.2, 0.25) is 210 Å². The molecular weight excluding hydrogens is 1070 g/mol. The molecular formula is C32H96Si16Sn2. The van der Waals surface area contributed by atoms with Crippen LogP contribution in [0.1, 0.15) is 0 Å². The van der Waals surface area contributed by atoms with Crippen LogP contribution in [0, 0.1) is 0 Å². The van der Waals surface area contributed by atoms with Crippen LogP contribution in [0.5, 0.6) is 0 Å². The summed E-state index contributed by atoms with van der Waals surface area (Å²) in [6, 6.07) is 0. The fourth-order valence-electron chi connectivity index (χ4n) is 13.2. The van der Waals surface area contributed by atoms with Crippen molar-refractivity contribution < 1.29 is 0 Å². The molecule has 296 valence electrons. The van der Waals surface area contributed by atoms with Gasteiger partial charge in [-0.1, -0.05) is 210 Å². The quantitative estimate of drug-likeness (QED) is 0.152. The van der Waals surface area contributed by atoms with Crippen molar-refractivity contribution in [2.24, 2.45) is 0 Å². The number of hydrogen-bond acceptors (Lipinski definition) is 0. The minimum absolute atomic E-state index is 0.124. The van der Waals surface area contributed by atoms with Gasteiger partial charge in [-0.2, -0.15) is 0 Å². The van der Waals surface area contributed by atoms with Crippen LogP contribution < -0.4 is 0 Å². The molecule has 0 rings (SSSR count). The average Bonchev–Trinajstić information content (AvgIpc) is 2.64. The Balaban J connectivity index is -0.000000841. The topological polar surface area (TPSA) is 0 Å². The van der Waals surface area contributed by atoms with Gasteiger partial charge in [-0.05, 0) is 0 Å². The third-order valence-corrected chi connectivity index (χ3v) is 312. The predicted octanol–water partition coefficient (Wildman–Crippen LogP) is 11.8. The molecule has 50 heavy (non-hydrogen) atoms. The molecule has 0 heterocycles. The Bertz CT molecular complexity index is 830. The Kier molecular flexibility index (Phi) is 22.8. The maximum atomic E-state index is 2.93. The molecule has 0 aromatic rings. The molecule has 0 saturated heterocycles. The Hall–Kier alpha value is 5.07. The van der Waals surface area contributed by atoms with Crippen molar-refractivity contribution >= 4 is 154 Å². The first-order valence-corrected chi connectivity index (χ1v) is 90.8. The molecule has 0 saturated carbocycles. The van der Waals surface area contributed by atoms with Crippen LogP contribution in [0.4, 0.5) is 0 Å². The van der Waals surface area contributed by atoms with Crippen LogP contribution in [0.15, 0.2) is 0 Å². The van der Waals surface area contributed by atoms with E-state index in [0.717, 1.165) is 0 Å². The second kappa shape index (κ2) is 19.2. The molecule has 0 aromatic carbocycles. The van der Waals surface area contributed by atoms with Gasteiger partial charge in [0.25, 0.3) is 0 Å². The number of hydrogen-bond donors (Lipinski definition) is 0. The van der Waals surface area contributed by atoms with Crippen molar-refractivity contribution in [3.8, 4) is 0 Å². The number of rotatable bonds is 14. The summed E-state index contributed by atoms with van der Waals surface area (Å²) in [5.41, 5.74) is 0. The normalized spacial score (nSPS) is 15.7. The van der Waals surface area contributed by atoms with E-state index >= 15 is 0 Å². The molecule has 0 N–H and O–H groups in total. The van der Waals surface area contributed by atoms with Crippen LogP contribution in [-0.4, -0.2) is 154 Å². The monoisotopic (exact) mass is 1170 g/mol. The van der Waals surface area contributed by atoms with Gasteiger partial charge in [0, 0.05) is 119 Å². The van der Waals surface area contributed by atoms with Crippen LogP contribution >= 0.6 is 0 Å². The van der Waals surface area contributed by atoms with Crippen molar-refractivity contribution in [2.75, 3.05) is 0 Å². The molecule has 0 aliphatic rings. The minimum atomic E-state index is -1.13. The third-order valence-electron chi connectivity index (χ3n) is 11.6. The zero-order chi connectivity index (χ0) is 42.3. The first kappa shape index (κ1) is 59.4. The molecule has 18 heteroatoms. The molecule has 0 bridgehead atoms. The van der Waals surface area contributed by atoms with E-state index in [4.69, 9.17) is 0 Å². The van der Waals surface area contributed by atoms with Gasteiger partial charge >= 0.3 is 35.9 Å². The SMILES string of the molecule is C[Si](C)(C)[Si]([Si](C)(C)C)[Si](C)(C)[Si](C)(C)[Si]([Si](C)(C)C)[Si](C)(C)C.C[Si](C)(C)[Si]([Si](C)(C)C)[Si](C)(C)[Si](C)(C)[Si]([Si](C)(C)C)[Si](C)(C)C.[Sn]=[Sn]. The first-order chi connectivity index (χ1) is 21.0. The summed E-state index contributed by atoms with van der Waals surface area (Å²) in [7, 11) is -13.2. The zero-order valence-electron chi connectivity index (χ0n) is 41.0. The summed E-state index contributed by atoms with van der Waals surface area (Å²) in [4.78, 5) is 0. The van der Waals surface area contributed by atoms with E-state index in [9.17, 15) is 0 Å². The van der Waals surface area contributed by atoms with Gasteiger partial charge in [0.05, 0.1) is 0 Å². The van der Waals surface area contributed by atoms with E-state index in [1.807, 2.05) is 0 Å². The zero-order valence-corrected chi connectivity index (χ0v) is 62.7. The molecule has 0 atom stereocenters. The van der Waals surface area contributed by atoms with Crippen molar-refractivity contribution in [2.45, 2.75) is 210 Å². The van der Waals surface area contributed by atoms with Crippen LogP contribution in [0.25, 0.3) is 0 Å². The average molecular weight is 1170 g/mol. The second-order valence-corrected chi connectivity index (χ2v) is 186. The standard InChI is InChI=1S/2C16H48Si8.2Sn/c2*1-19(2,3)17(20(4,5)6)23(13,14)24(15,16)18(21(7,8)9)22(10,11)12;;/h2*1-16H3;;. The Morgan fingerprint density at radius 3 is 0.280 bits per heavy atom. The van der Waals surface area contributed by atoms with Crippen molar-refractivity contribution in [1.29, 1.82) is 0 Å². The summed E-state index contributed by atoms with van der Waals surface area (Å²) < 4.78 is 0. The molecule has 0 nitrogen and oxygen atoms in total. The third kappa shape index (κ3) is 15.9. The Morgan fingerprint density at radius 1 is 0.180 bits per heavy atom. The van der Waals surface area contributed by atoms with Crippen molar-refractivity contribution in [1.82, 2.24) is 0 Å². The van der Waals surface area contributed by atoms with Crippen LogP contribution in [-0.2, 0) is 0 Å². The van der Waals surface area contributed by atoms with Crippen LogP contribution in [0.3, 0.4) is 0 Å². The molecule has 0 fully saturated rings. The van der Waals surface area contributed by atoms with Gasteiger partial charge in [0.1, 0.15) is 0 Å².